The minimum atomic E-state index is -0.0336. The van der Waals surface area contributed by atoms with Gasteiger partial charge in [-0.1, -0.05) is 23.8 Å². The number of nitrogens with one attached hydrogen (secondary N) is 1. The molecule has 22 heavy (non-hydrogen) atoms. The molecule has 0 aliphatic carbocycles. The Hall–Kier alpha value is -1.98. The molecule has 2 aromatic heterocycles. The van der Waals surface area contributed by atoms with E-state index in [1.807, 2.05) is 37.3 Å². The molecule has 2 heterocycles. The van der Waals surface area contributed by atoms with E-state index in [2.05, 4.69) is 27.1 Å². The average molecular weight is 328 g/mol. The lowest BCUT2D eigenvalue weighted by molar-refractivity contribution is 0.0954. The number of rotatable bonds is 5. The molecule has 3 aromatic rings. The van der Waals surface area contributed by atoms with Crippen LogP contribution in [0, 0.1) is 6.92 Å². The summed E-state index contributed by atoms with van der Waals surface area (Å²) in [6.07, 6.45) is 0.749. The summed E-state index contributed by atoms with van der Waals surface area (Å²) in [4.78, 5) is 17.8. The van der Waals surface area contributed by atoms with Crippen molar-refractivity contribution in [3.05, 3.63) is 64.0 Å². The molecular weight excluding hydrogens is 312 g/mol. The van der Waals surface area contributed by atoms with E-state index in [1.165, 1.54) is 4.88 Å². The highest BCUT2D eigenvalue weighted by Gasteiger charge is 2.07. The van der Waals surface area contributed by atoms with Gasteiger partial charge in [0.05, 0.1) is 10.6 Å². The van der Waals surface area contributed by atoms with Crippen LogP contribution in [0.15, 0.2) is 47.2 Å². The molecule has 0 atom stereocenters. The fourth-order valence-corrected chi connectivity index (χ4v) is 3.71. The van der Waals surface area contributed by atoms with E-state index in [1.54, 1.807) is 22.7 Å². The third kappa shape index (κ3) is 3.61. The molecule has 0 radical (unpaired) electrons. The highest BCUT2D eigenvalue weighted by atomic mass is 32.1. The smallest absolute Gasteiger partial charge is 0.251 e. The van der Waals surface area contributed by atoms with Crippen LogP contribution in [0.25, 0.3) is 9.88 Å². The van der Waals surface area contributed by atoms with Crippen LogP contribution in [0.3, 0.4) is 0 Å². The van der Waals surface area contributed by atoms with Gasteiger partial charge in [0, 0.05) is 23.9 Å². The zero-order chi connectivity index (χ0) is 15.4. The number of aromatic nitrogens is 1. The molecule has 5 heteroatoms. The van der Waals surface area contributed by atoms with Gasteiger partial charge < -0.3 is 5.32 Å². The average Bonchev–Trinajstić information content (AvgIpc) is 3.19. The molecular formula is C17H16N2OS2. The summed E-state index contributed by atoms with van der Waals surface area (Å²) in [6.45, 7) is 2.61. The van der Waals surface area contributed by atoms with Crippen LogP contribution in [-0.2, 0) is 6.42 Å². The van der Waals surface area contributed by atoms with Crippen LogP contribution < -0.4 is 5.32 Å². The maximum absolute atomic E-state index is 12.0. The number of hydrogen-bond donors (Lipinski definition) is 1. The molecule has 0 spiro atoms. The zero-order valence-corrected chi connectivity index (χ0v) is 13.8. The summed E-state index contributed by atoms with van der Waals surface area (Å²) in [6, 6.07) is 11.7. The summed E-state index contributed by atoms with van der Waals surface area (Å²) < 4.78 is 0. The van der Waals surface area contributed by atoms with Gasteiger partial charge in [-0.2, -0.15) is 0 Å². The highest BCUT2D eigenvalue weighted by Crippen LogP contribution is 2.27. The zero-order valence-electron chi connectivity index (χ0n) is 12.2. The Morgan fingerprint density at radius 3 is 2.73 bits per heavy atom. The van der Waals surface area contributed by atoms with Gasteiger partial charge >= 0.3 is 0 Å². The van der Waals surface area contributed by atoms with Crippen LogP contribution in [0.4, 0.5) is 0 Å². The first-order valence-corrected chi connectivity index (χ1v) is 8.81. The molecule has 1 N–H and O–H groups in total. The molecule has 0 aliphatic rings. The summed E-state index contributed by atoms with van der Waals surface area (Å²) in [7, 11) is 0. The Labute approximate surface area is 137 Å². The van der Waals surface area contributed by atoms with Crippen molar-refractivity contribution in [2.45, 2.75) is 13.3 Å². The molecule has 1 amide bonds. The quantitative estimate of drug-likeness (QED) is 0.764. The fourth-order valence-electron chi connectivity index (χ4n) is 2.05. The lowest BCUT2D eigenvalue weighted by atomic mass is 10.1. The van der Waals surface area contributed by atoms with Crippen molar-refractivity contribution < 1.29 is 4.79 Å². The topological polar surface area (TPSA) is 42.0 Å². The minimum absolute atomic E-state index is 0.0336. The van der Waals surface area contributed by atoms with Gasteiger partial charge in [-0.25, -0.2) is 4.98 Å². The van der Waals surface area contributed by atoms with Gasteiger partial charge in [0.15, 0.2) is 0 Å². The molecule has 3 nitrogen and oxygen atoms in total. The van der Waals surface area contributed by atoms with Crippen LogP contribution in [0.5, 0.6) is 0 Å². The molecule has 112 valence electrons. The third-order valence-corrected chi connectivity index (χ3v) is 5.19. The predicted octanol–water partition coefficient (Wildman–Crippen LogP) is 4.15. The van der Waals surface area contributed by atoms with E-state index < -0.39 is 0 Å². The van der Waals surface area contributed by atoms with Gasteiger partial charge in [0.1, 0.15) is 5.01 Å². The number of carbonyl (C=O) groups excluding carboxylic acids is 1. The van der Waals surface area contributed by atoms with E-state index >= 15 is 0 Å². The molecule has 3 rings (SSSR count). The van der Waals surface area contributed by atoms with E-state index in [0.29, 0.717) is 12.1 Å². The molecule has 0 unspecified atom stereocenters. The maximum atomic E-state index is 12.0. The van der Waals surface area contributed by atoms with E-state index in [-0.39, 0.29) is 5.91 Å². The monoisotopic (exact) mass is 328 g/mol. The van der Waals surface area contributed by atoms with Crippen molar-refractivity contribution in [1.29, 1.82) is 0 Å². The highest BCUT2D eigenvalue weighted by molar-refractivity contribution is 7.20. The van der Waals surface area contributed by atoms with Crippen LogP contribution in [0.1, 0.15) is 21.6 Å². The second-order valence-corrected chi connectivity index (χ2v) is 6.80. The van der Waals surface area contributed by atoms with Crippen molar-refractivity contribution in [2.24, 2.45) is 0 Å². The van der Waals surface area contributed by atoms with Gasteiger partial charge in [0.25, 0.3) is 5.91 Å². The van der Waals surface area contributed by atoms with Gasteiger partial charge in [-0.15, -0.1) is 22.7 Å². The number of thiazole rings is 1. The summed E-state index contributed by atoms with van der Waals surface area (Å²) >= 11 is 3.35. The standard InChI is InChI=1S/C17H16N2OS2/c1-12-4-6-13(7-5-12)16(20)18-9-8-14-11-22-17(19-14)15-3-2-10-21-15/h2-7,10-11H,8-9H2,1H3,(H,18,20). The van der Waals surface area contributed by atoms with Crippen LogP contribution in [-0.4, -0.2) is 17.4 Å². The first kappa shape index (κ1) is 14.9. The number of hydrogen-bond acceptors (Lipinski definition) is 4. The van der Waals surface area contributed by atoms with Crippen molar-refractivity contribution in [3.63, 3.8) is 0 Å². The summed E-state index contributed by atoms with van der Waals surface area (Å²) in [5.74, 6) is -0.0336. The first-order chi connectivity index (χ1) is 10.7. The summed E-state index contributed by atoms with van der Waals surface area (Å²) in [5.41, 5.74) is 2.88. The molecule has 1 aromatic carbocycles. The summed E-state index contributed by atoms with van der Waals surface area (Å²) in [5, 5.41) is 8.11. The van der Waals surface area contributed by atoms with Crippen molar-refractivity contribution in [2.75, 3.05) is 6.54 Å². The Morgan fingerprint density at radius 2 is 2.00 bits per heavy atom. The lowest BCUT2D eigenvalue weighted by Gasteiger charge is -2.04. The number of amides is 1. The fraction of sp³-hybridized carbons (Fsp3) is 0.176. The van der Waals surface area contributed by atoms with Crippen LogP contribution >= 0.6 is 22.7 Å². The minimum Gasteiger partial charge on any atom is -0.352 e. The largest absolute Gasteiger partial charge is 0.352 e. The Bertz CT molecular complexity index is 745. The van der Waals surface area contributed by atoms with E-state index in [0.717, 1.165) is 22.7 Å². The number of aryl methyl sites for hydroxylation is 1. The normalized spacial score (nSPS) is 10.6. The number of thiophene rings is 1. The lowest BCUT2D eigenvalue weighted by Crippen LogP contribution is -2.25. The number of benzene rings is 1. The Kier molecular flexibility index (Phi) is 4.65. The second-order valence-electron chi connectivity index (χ2n) is 4.99. The third-order valence-electron chi connectivity index (χ3n) is 3.26. The molecule has 0 aliphatic heterocycles. The van der Waals surface area contributed by atoms with Crippen molar-refractivity contribution in [1.82, 2.24) is 10.3 Å². The van der Waals surface area contributed by atoms with Gasteiger partial charge in [-0.3, -0.25) is 4.79 Å². The van der Waals surface area contributed by atoms with Crippen LogP contribution in [0.2, 0.25) is 0 Å². The molecule has 0 bridgehead atoms. The predicted molar refractivity (Wildman–Crippen MR) is 92.6 cm³/mol. The number of carbonyl (C=O) groups is 1. The van der Waals surface area contributed by atoms with E-state index in [4.69, 9.17) is 0 Å². The maximum Gasteiger partial charge on any atom is 0.251 e. The molecule has 0 saturated heterocycles. The van der Waals surface area contributed by atoms with E-state index in [9.17, 15) is 4.79 Å². The Balaban J connectivity index is 1.53. The number of nitrogens with zero attached hydrogens (tertiary/aromatic N) is 1. The molecule has 0 saturated carbocycles. The SMILES string of the molecule is Cc1ccc(C(=O)NCCc2csc(-c3cccs3)n2)cc1. The second kappa shape index (κ2) is 6.85. The van der Waals surface area contributed by atoms with Gasteiger partial charge in [0.2, 0.25) is 0 Å². The van der Waals surface area contributed by atoms with Gasteiger partial charge in [-0.05, 0) is 30.5 Å². The van der Waals surface area contributed by atoms with Crippen molar-refractivity contribution in [3.8, 4) is 9.88 Å². The molecule has 0 fully saturated rings. The Morgan fingerprint density at radius 1 is 1.18 bits per heavy atom. The van der Waals surface area contributed by atoms with Crippen molar-refractivity contribution >= 4 is 28.6 Å². The first-order valence-electron chi connectivity index (χ1n) is 7.05.